The lowest BCUT2D eigenvalue weighted by molar-refractivity contribution is -0.383. The highest BCUT2D eigenvalue weighted by Crippen LogP contribution is 2.29. The van der Waals surface area contributed by atoms with Crippen molar-refractivity contribution in [2.75, 3.05) is 25.5 Å². The van der Waals surface area contributed by atoms with E-state index in [4.69, 9.17) is 17.2 Å². The molecule has 0 aliphatic rings. The van der Waals surface area contributed by atoms with Crippen LogP contribution in [0.2, 0.25) is 0 Å². The molecule has 0 saturated heterocycles. The van der Waals surface area contributed by atoms with Gasteiger partial charge in [-0.2, -0.15) is 0 Å². The molecule has 11 N–H and O–H groups in total. The summed E-state index contributed by atoms with van der Waals surface area (Å²) in [4.78, 5) is 88.2. The van der Waals surface area contributed by atoms with Crippen molar-refractivity contribution in [3.63, 3.8) is 0 Å². The maximum Gasteiger partial charge on any atom is 0.322 e. The Balaban J connectivity index is 0.00000901. The number of pyridine rings is 1. The number of nitro benzene ring substituents is 1. The molecule has 4 amide bonds. The number of anilines is 1. The standard InChI is InChI=1S/C32H43N9O9.ClH/c1-17(38-31(46)19(33)8-5-9-20(34)32(47)50-2)30(45)40-23(29(35)44)12-14-25(42)37-16-6-15-36-22-11-13-24(41(48)49)27-26(22)28(43)18-7-3-4-10-21(18)39-27;/h3-4,7,10-11,13,17,19-20,23,36H,5-6,8-9,12,14-16,33-34H2,1-2H3,(H2,35,44)(H,37,42)(H,38,46)(H,39,43)(H,40,45);1H. The number of para-hydroxylation sites is 1. The molecule has 0 spiro atoms. The summed E-state index contributed by atoms with van der Waals surface area (Å²) in [5.74, 6) is -3.18. The lowest BCUT2D eigenvalue weighted by Gasteiger charge is -2.21. The Morgan fingerprint density at radius 2 is 1.63 bits per heavy atom. The van der Waals surface area contributed by atoms with Crippen molar-refractivity contribution >= 4 is 75.2 Å². The number of methoxy groups -OCH3 is 1. The molecule has 1 heterocycles. The first-order valence-corrected chi connectivity index (χ1v) is 16.0. The number of nitro groups is 1. The van der Waals surface area contributed by atoms with E-state index in [1.54, 1.807) is 24.3 Å². The van der Waals surface area contributed by atoms with Gasteiger partial charge in [-0.15, -0.1) is 12.4 Å². The Bertz CT molecular complexity index is 1800. The zero-order valence-electron chi connectivity index (χ0n) is 28.2. The van der Waals surface area contributed by atoms with Gasteiger partial charge in [0, 0.05) is 42.2 Å². The fourth-order valence-electron chi connectivity index (χ4n) is 5.14. The van der Waals surface area contributed by atoms with Gasteiger partial charge in [-0.1, -0.05) is 12.1 Å². The highest BCUT2D eigenvalue weighted by atomic mass is 35.5. The third kappa shape index (κ3) is 11.6. The second-order valence-electron chi connectivity index (χ2n) is 11.7. The number of fused-ring (bicyclic) bond motifs is 2. The lowest BCUT2D eigenvalue weighted by Crippen LogP contribution is -2.54. The summed E-state index contributed by atoms with van der Waals surface area (Å²) in [6.07, 6.45) is 0.999. The van der Waals surface area contributed by atoms with E-state index in [0.29, 0.717) is 36.0 Å². The van der Waals surface area contributed by atoms with Gasteiger partial charge in [0.25, 0.3) is 5.69 Å². The number of ether oxygens (including phenoxy) is 1. The maximum absolute atomic E-state index is 13.3. The number of amides is 4. The Kier molecular flexibility index (Phi) is 16.2. The number of nitrogens with one attached hydrogen (secondary N) is 5. The molecule has 3 aromatic rings. The van der Waals surface area contributed by atoms with E-state index < -0.39 is 58.7 Å². The van der Waals surface area contributed by atoms with Gasteiger partial charge < -0.3 is 48.2 Å². The van der Waals surface area contributed by atoms with Crippen LogP contribution in [-0.2, 0) is 28.7 Å². The Hall–Kier alpha value is -5.33. The minimum Gasteiger partial charge on any atom is -0.468 e. The van der Waals surface area contributed by atoms with Crippen LogP contribution in [0.1, 0.15) is 45.4 Å². The first-order valence-electron chi connectivity index (χ1n) is 16.0. The molecule has 0 aliphatic carbocycles. The molecule has 19 heteroatoms. The van der Waals surface area contributed by atoms with Crippen molar-refractivity contribution in [1.29, 1.82) is 0 Å². The summed E-state index contributed by atoms with van der Waals surface area (Å²) in [7, 11) is 1.22. The molecule has 0 saturated carbocycles. The number of non-ortho nitro benzene ring substituents is 1. The van der Waals surface area contributed by atoms with Gasteiger partial charge in [0.2, 0.25) is 23.6 Å². The molecule has 0 radical (unpaired) electrons. The Morgan fingerprint density at radius 1 is 0.941 bits per heavy atom. The normalized spacial score (nSPS) is 13.2. The second kappa shape index (κ2) is 19.8. The smallest absolute Gasteiger partial charge is 0.322 e. The number of aromatic nitrogens is 1. The molecule has 0 bridgehead atoms. The van der Waals surface area contributed by atoms with Crippen LogP contribution in [0, 0.1) is 10.1 Å². The van der Waals surface area contributed by atoms with Gasteiger partial charge >= 0.3 is 5.97 Å². The van der Waals surface area contributed by atoms with E-state index in [1.165, 1.54) is 26.2 Å². The molecule has 278 valence electrons. The van der Waals surface area contributed by atoms with Crippen LogP contribution >= 0.6 is 12.4 Å². The number of primary amides is 1. The topological polar surface area (TPSA) is 297 Å². The average molecular weight is 734 g/mol. The lowest BCUT2D eigenvalue weighted by atomic mass is 10.1. The molecule has 4 atom stereocenters. The molecule has 18 nitrogen and oxygen atoms in total. The molecule has 4 unspecified atom stereocenters. The third-order valence-electron chi connectivity index (χ3n) is 7.97. The van der Waals surface area contributed by atoms with Crippen molar-refractivity contribution in [2.24, 2.45) is 17.2 Å². The summed E-state index contributed by atoms with van der Waals surface area (Å²) in [6, 6.07) is 5.42. The van der Waals surface area contributed by atoms with Gasteiger partial charge in [0.15, 0.2) is 5.43 Å². The highest BCUT2D eigenvalue weighted by Gasteiger charge is 2.25. The quantitative estimate of drug-likeness (QED) is 0.0269. The van der Waals surface area contributed by atoms with Crippen LogP contribution in [-0.4, -0.2) is 83.9 Å². The van der Waals surface area contributed by atoms with E-state index in [1.807, 2.05) is 0 Å². The monoisotopic (exact) mass is 733 g/mol. The number of rotatable bonds is 19. The van der Waals surface area contributed by atoms with Gasteiger partial charge in [0.05, 0.1) is 23.5 Å². The maximum atomic E-state index is 13.3. The largest absolute Gasteiger partial charge is 0.468 e. The van der Waals surface area contributed by atoms with Crippen LogP contribution in [0.25, 0.3) is 21.8 Å². The Morgan fingerprint density at radius 3 is 2.29 bits per heavy atom. The second-order valence-corrected chi connectivity index (χ2v) is 11.7. The summed E-state index contributed by atoms with van der Waals surface area (Å²) < 4.78 is 4.55. The minimum absolute atomic E-state index is 0. The number of halogens is 1. The summed E-state index contributed by atoms with van der Waals surface area (Å²) >= 11 is 0. The molecule has 2 aromatic carbocycles. The number of nitrogens with two attached hydrogens (primary N) is 3. The summed E-state index contributed by atoms with van der Waals surface area (Å²) in [5, 5.41) is 22.9. The van der Waals surface area contributed by atoms with Gasteiger partial charge in [0.1, 0.15) is 23.6 Å². The van der Waals surface area contributed by atoms with Crippen molar-refractivity contribution in [3.8, 4) is 0 Å². The van der Waals surface area contributed by atoms with Crippen LogP contribution in [0.15, 0.2) is 41.2 Å². The van der Waals surface area contributed by atoms with Crippen molar-refractivity contribution < 1.29 is 33.6 Å². The molecular weight excluding hydrogens is 690 g/mol. The Labute approximate surface area is 298 Å². The van der Waals surface area contributed by atoms with Crippen LogP contribution < -0.4 is 43.9 Å². The highest BCUT2D eigenvalue weighted by molar-refractivity contribution is 6.03. The molecular formula is C32H44ClN9O9. The molecule has 1 aromatic heterocycles. The fraction of sp³-hybridized carbons (Fsp3) is 0.438. The zero-order chi connectivity index (χ0) is 37.0. The molecule has 0 aliphatic heterocycles. The van der Waals surface area contributed by atoms with E-state index in [0.717, 1.165) is 0 Å². The van der Waals surface area contributed by atoms with Crippen molar-refractivity contribution in [3.05, 3.63) is 56.7 Å². The molecule has 3 rings (SSSR count). The average Bonchev–Trinajstić information content (AvgIpc) is 3.08. The minimum atomic E-state index is -1.19. The molecule has 51 heavy (non-hydrogen) atoms. The predicted molar refractivity (Wildman–Crippen MR) is 192 cm³/mol. The molecule has 0 fully saturated rings. The van der Waals surface area contributed by atoms with E-state index in [9.17, 15) is 38.9 Å². The third-order valence-corrected chi connectivity index (χ3v) is 7.97. The number of nitrogens with zero attached hydrogens (tertiary/aromatic N) is 1. The fourth-order valence-corrected chi connectivity index (χ4v) is 5.14. The number of H-pyrrole nitrogens is 1. The summed E-state index contributed by atoms with van der Waals surface area (Å²) in [6.45, 7) is 1.93. The number of benzene rings is 2. The van der Waals surface area contributed by atoms with Crippen molar-refractivity contribution in [1.82, 2.24) is 20.9 Å². The zero-order valence-corrected chi connectivity index (χ0v) is 29.0. The first-order chi connectivity index (χ1) is 23.7. The van der Waals surface area contributed by atoms with E-state index in [2.05, 4.69) is 31.0 Å². The first kappa shape index (κ1) is 41.8. The van der Waals surface area contributed by atoms with Crippen LogP contribution in [0.4, 0.5) is 11.4 Å². The number of esters is 1. The van der Waals surface area contributed by atoms with Gasteiger partial charge in [-0.05, 0) is 57.2 Å². The van der Waals surface area contributed by atoms with Crippen LogP contribution in [0.5, 0.6) is 0 Å². The number of hydrogen-bond acceptors (Lipinski definition) is 12. The predicted octanol–water partition coefficient (Wildman–Crippen LogP) is 0.182. The van der Waals surface area contributed by atoms with Gasteiger partial charge in [-0.3, -0.25) is 38.9 Å². The summed E-state index contributed by atoms with van der Waals surface area (Å²) in [5.41, 5.74) is 17.3. The number of carbonyl (C=O) groups is 5. The van der Waals surface area contributed by atoms with E-state index in [-0.39, 0.29) is 66.7 Å². The van der Waals surface area contributed by atoms with Crippen LogP contribution in [0.3, 0.4) is 0 Å². The number of carbonyl (C=O) groups excluding carboxylic acids is 5. The SMILES string of the molecule is COC(=O)C(N)CCCC(N)C(=O)NC(C)C(=O)NC(CCC(=O)NCCCNc1ccc([N+](=O)[O-])c2[nH]c3ccccc3c(=O)c12)C(N)=O.Cl. The van der Waals surface area contributed by atoms with Crippen molar-refractivity contribution in [2.45, 2.75) is 69.6 Å². The van der Waals surface area contributed by atoms with Gasteiger partial charge in [-0.25, -0.2) is 0 Å². The number of aromatic amines is 1. The number of hydrogen-bond donors (Lipinski definition) is 8. The van der Waals surface area contributed by atoms with E-state index >= 15 is 0 Å².